The first kappa shape index (κ1) is 35.9. The summed E-state index contributed by atoms with van der Waals surface area (Å²) in [5.41, 5.74) is 19.7. The third-order valence-corrected chi connectivity index (χ3v) is 5.15. The monoisotopic (exact) mass is 616 g/mol. The summed E-state index contributed by atoms with van der Waals surface area (Å²) >= 11 is 0. The number of aryl methyl sites for hydroxylation is 1. The molecule has 0 bridgehead atoms. The lowest BCUT2D eigenvalue weighted by molar-refractivity contribution is -0.268. The summed E-state index contributed by atoms with van der Waals surface area (Å²) in [6.45, 7) is 1.85. The second-order valence-corrected chi connectivity index (χ2v) is 8.85. The molecule has 0 fully saturated rings. The normalized spacial score (nSPS) is 12.1. The Labute approximate surface area is 232 Å². The van der Waals surface area contributed by atoms with Crippen LogP contribution in [0.2, 0.25) is 0 Å². The van der Waals surface area contributed by atoms with Crippen molar-refractivity contribution in [2.24, 2.45) is 0 Å². The van der Waals surface area contributed by atoms with Crippen molar-refractivity contribution in [2.75, 3.05) is 17.2 Å². The fourth-order valence-corrected chi connectivity index (χ4v) is 3.05. The molecule has 2 aromatic carbocycles. The predicted molar refractivity (Wildman–Crippen MR) is 137 cm³/mol. The van der Waals surface area contributed by atoms with Crippen molar-refractivity contribution < 1.29 is 53.5 Å². The lowest BCUT2D eigenvalue weighted by Crippen LogP contribution is -2.46. The van der Waals surface area contributed by atoms with Gasteiger partial charge < -0.3 is 17.2 Å². The summed E-state index contributed by atoms with van der Waals surface area (Å²) in [6.07, 6.45) is -12.9. The molecule has 3 rings (SSSR count). The molecule has 0 radical (unpaired) electrons. The zero-order valence-electron chi connectivity index (χ0n) is 22.0. The molecule has 1 heterocycles. The highest BCUT2D eigenvalue weighted by atomic mass is 19.4. The van der Waals surface area contributed by atoms with Crippen molar-refractivity contribution in [1.82, 2.24) is 4.98 Å². The number of ketones is 2. The Balaban J connectivity index is 0.000000337. The van der Waals surface area contributed by atoms with Gasteiger partial charge in [-0.15, -0.1) is 0 Å². The number of carbonyl (C=O) groups excluding carboxylic acids is 2. The molecule has 0 aliphatic carbocycles. The molecule has 0 aliphatic heterocycles. The molecule has 0 amide bonds. The number of pyridine rings is 1. The molecule has 232 valence electrons. The van der Waals surface area contributed by atoms with E-state index in [1.807, 2.05) is 13.0 Å². The minimum absolute atomic E-state index is 0.00561. The number of halogens is 10. The average molecular weight is 616 g/mol. The number of anilines is 3. The molecule has 6 nitrogen and oxygen atoms in total. The summed E-state index contributed by atoms with van der Waals surface area (Å²) in [5.74, 6) is -15.1. The van der Waals surface area contributed by atoms with Crippen LogP contribution in [0.15, 0.2) is 48.5 Å². The Bertz CT molecular complexity index is 1370. The molecule has 16 heteroatoms. The second kappa shape index (κ2) is 13.7. The van der Waals surface area contributed by atoms with E-state index in [1.54, 1.807) is 36.4 Å². The van der Waals surface area contributed by atoms with Crippen LogP contribution < -0.4 is 17.2 Å². The van der Waals surface area contributed by atoms with Crippen LogP contribution in [0.25, 0.3) is 10.9 Å². The Kier molecular flexibility index (Phi) is 11.7. The standard InChI is InChI=1S/C13H13F3N2.C7H5F7O2.C6H8N2/c1-2-10-5-8(7-13(14,15)16)11-4-3-9(17)6-12(11)18-10;1-5(8,9)3(15)2-4(16)6(10,11)7(12,13)14;7-5-2-1-3-6(8)4-5/h3-6H,2,7,17H2,1H3;2H2,1H3;1-4H,7-8H2. The third kappa shape index (κ3) is 11.0. The number of nitrogens with zero attached hydrogens (tertiary/aromatic N) is 1. The van der Waals surface area contributed by atoms with Crippen LogP contribution in [-0.2, 0) is 22.4 Å². The SMILES string of the molecule is CC(F)(F)C(=O)CC(=O)C(F)(F)C(F)(F)F.CCc1cc(CC(F)(F)F)c2ccc(N)cc2n1.Nc1cccc(N)c1. The number of hydrogen-bond donors (Lipinski definition) is 3. The number of benzene rings is 2. The maximum absolute atomic E-state index is 12.5. The van der Waals surface area contributed by atoms with Gasteiger partial charge in [0, 0.05) is 35.1 Å². The minimum Gasteiger partial charge on any atom is -0.399 e. The number of nitrogen functional groups attached to an aromatic ring is 3. The van der Waals surface area contributed by atoms with Gasteiger partial charge in [-0.3, -0.25) is 14.6 Å². The number of Topliss-reactive ketones (excluding diaryl/α,β-unsaturated/α-hetero) is 2. The Morgan fingerprint density at radius 2 is 1.29 bits per heavy atom. The van der Waals surface area contributed by atoms with Crippen LogP contribution in [0.4, 0.5) is 61.0 Å². The Morgan fingerprint density at radius 3 is 1.69 bits per heavy atom. The molecular formula is C26H26F10N4O2. The van der Waals surface area contributed by atoms with Crippen LogP contribution in [-0.4, -0.2) is 40.7 Å². The maximum Gasteiger partial charge on any atom is 0.461 e. The van der Waals surface area contributed by atoms with E-state index < -0.39 is 48.6 Å². The highest BCUT2D eigenvalue weighted by molar-refractivity contribution is 6.05. The van der Waals surface area contributed by atoms with Gasteiger partial charge in [0.25, 0.3) is 0 Å². The second-order valence-electron chi connectivity index (χ2n) is 8.85. The van der Waals surface area contributed by atoms with E-state index in [-0.39, 0.29) is 12.5 Å². The molecule has 3 aromatic rings. The fraction of sp³-hybridized carbons (Fsp3) is 0.346. The van der Waals surface area contributed by atoms with Crippen molar-refractivity contribution in [3.63, 3.8) is 0 Å². The smallest absolute Gasteiger partial charge is 0.399 e. The molecule has 0 saturated carbocycles. The van der Waals surface area contributed by atoms with E-state index >= 15 is 0 Å². The summed E-state index contributed by atoms with van der Waals surface area (Å²) in [7, 11) is 0. The van der Waals surface area contributed by atoms with Gasteiger partial charge in [0.05, 0.1) is 18.4 Å². The first-order valence-electron chi connectivity index (χ1n) is 11.7. The maximum atomic E-state index is 12.5. The van der Waals surface area contributed by atoms with E-state index in [0.29, 0.717) is 40.1 Å². The van der Waals surface area contributed by atoms with E-state index in [1.165, 1.54) is 6.07 Å². The van der Waals surface area contributed by atoms with E-state index in [4.69, 9.17) is 17.2 Å². The van der Waals surface area contributed by atoms with Gasteiger partial charge in [-0.05, 0) is 48.4 Å². The number of rotatable bonds is 6. The van der Waals surface area contributed by atoms with Gasteiger partial charge in [0.15, 0.2) is 0 Å². The molecule has 0 atom stereocenters. The van der Waals surface area contributed by atoms with Crippen LogP contribution in [0, 0.1) is 0 Å². The number of fused-ring (bicyclic) bond motifs is 1. The van der Waals surface area contributed by atoms with Gasteiger partial charge >= 0.3 is 24.2 Å². The highest BCUT2D eigenvalue weighted by Crippen LogP contribution is 2.37. The highest BCUT2D eigenvalue weighted by Gasteiger charge is 2.63. The van der Waals surface area contributed by atoms with Gasteiger partial charge in [0.1, 0.15) is 0 Å². The molecule has 0 saturated heterocycles. The fourth-order valence-electron chi connectivity index (χ4n) is 3.05. The molecule has 0 unspecified atom stereocenters. The molecule has 42 heavy (non-hydrogen) atoms. The number of alkyl halides is 10. The lowest BCUT2D eigenvalue weighted by Gasteiger charge is -2.18. The summed E-state index contributed by atoms with van der Waals surface area (Å²) in [4.78, 5) is 25.0. The van der Waals surface area contributed by atoms with Gasteiger partial charge in [-0.25, -0.2) is 0 Å². The van der Waals surface area contributed by atoms with Gasteiger partial charge in [-0.2, -0.15) is 43.9 Å². The summed E-state index contributed by atoms with van der Waals surface area (Å²) in [6, 6.07) is 13.5. The summed E-state index contributed by atoms with van der Waals surface area (Å²) < 4.78 is 121. The van der Waals surface area contributed by atoms with E-state index in [2.05, 4.69) is 4.98 Å². The lowest BCUT2D eigenvalue weighted by atomic mass is 10.0. The number of hydrogen-bond acceptors (Lipinski definition) is 6. The molecule has 0 aliphatic rings. The summed E-state index contributed by atoms with van der Waals surface area (Å²) in [5, 5.41) is 0.513. The van der Waals surface area contributed by atoms with Crippen molar-refractivity contribution in [1.29, 1.82) is 0 Å². The molecular weight excluding hydrogens is 590 g/mol. The number of aromatic nitrogens is 1. The Hall–Kier alpha value is -4.11. The topological polar surface area (TPSA) is 125 Å². The quantitative estimate of drug-likeness (QED) is 0.161. The zero-order chi connectivity index (χ0) is 32.7. The number of nitrogens with two attached hydrogens (primary N) is 3. The zero-order valence-corrected chi connectivity index (χ0v) is 22.0. The molecule has 6 N–H and O–H groups in total. The number of carbonyl (C=O) groups is 2. The van der Waals surface area contributed by atoms with Gasteiger partial charge in [-0.1, -0.05) is 19.1 Å². The van der Waals surface area contributed by atoms with E-state index in [0.717, 1.165) is 0 Å². The Morgan fingerprint density at radius 1 is 0.762 bits per heavy atom. The molecule has 1 aromatic heterocycles. The predicted octanol–water partition coefficient (Wildman–Crippen LogP) is 6.70. The first-order valence-corrected chi connectivity index (χ1v) is 11.7. The van der Waals surface area contributed by atoms with Crippen LogP contribution in [0.1, 0.15) is 31.5 Å². The first-order chi connectivity index (χ1) is 19.0. The van der Waals surface area contributed by atoms with Crippen molar-refractivity contribution in [3.8, 4) is 0 Å². The van der Waals surface area contributed by atoms with Crippen LogP contribution in [0.3, 0.4) is 0 Å². The van der Waals surface area contributed by atoms with Crippen LogP contribution >= 0.6 is 0 Å². The third-order valence-electron chi connectivity index (χ3n) is 5.15. The average Bonchev–Trinajstić information content (AvgIpc) is 2.82. The largest absolute Gasteiger partial charge is 0.461 e. The van der Waals surface area contributed by atoms with Crippen molar-refractivity contribution >= 4 is 39.5 Å². The molecule has 0 spiro atoms. The minimum atomic E-state index is -6.20. The van der Waals surface area contributed by atoms with Gasteiger partial charge in [0.2, 0.25) is 11.6 Å². The van der Waals surface area contributed by atoms with Crippen LogP contribution in [0.5, 0.6) is 0 Å². The van der Waals surface area contributed by atoms with E-state index in [9.17, 15) is 53.5 Å². The van der Waals surface area contributed by atoms with Crippen molar-refractivity contribution in [3.05, 3.63) is 59.8 Å². The van der Waals surface area contributed by atoms with Crippen molar-refractivity contribution in [2.45, 2.75) is 57.3 Å².